The Labute approximate surface area is 107 Å². The number of Topliss-reactive ketones (excluding diaryl/α,β-unsaturated/α-hetero) is 1. The topological polar surface area (TPSA) is 74.6 Å². The molecule has 0 amide bonds. The third-order valence-corrected chi connectivity index (χ3v) is 3.71. The van der Waals surface area contributed by atoms with Gasteiger partial charge in [-0.15, -0.1) is 0 Å². The van der Waals surface area contributed by atoms with Crippen LogP contribution in [-0.2, 0) is 9.59 Å². The second-order valence-electron chi connectivity index (χ2n) is 3.78. The van der Waals surface area contributed by atoms with Crippen LogP contribution in [0.4, 0.5) is 0 Å². The highest BCUT2D eigenvalue weighted by atomic mass is 79.9. The molecule has 0 radical (unpaired) electrons. The number of benzene rings is 1. The lowest BCUT2D eigenvalue weighted by Crippen LogP contribution is -2.13. The third-order valence-electron chi connectivity index (χ3n) is 2.58. The summed E-state index contributed by atoms with van der Waals surface area (Å²) in [6, 6.07) is 4.90. The third kappa shape index (κ3) is 2.92. The van der Waals surface area contributed by atoms with Crippen LogP contribution in [0.15, 0.2) is 18.2 Å². The number of carboxylic acids is 1. The maximum Gasteiger partial charge on any atom is 0.337 e. The zero-order valence-corrected chi connectivity index (χ0v) is 11.1. The molecule has 1 aromatic carbocycles. The summed E-state index contributed by atoms with van der Waals surface area (Å²) in [4.78, 5) is 21.5. The SMILES string of the molecule is CC(=O)C(Br)c1cccc(C(O)C(=O)O)c1C. The molecular formula is C12H13BrO4. The van der Waals surface area contributed by atoms with Crippen LogP contribution >= 0.6 is 15.9 Å². The Bertz CT molecular complexity index is 418. The zero-order chi connectivity index (χ0) is 13.2. The number of aliphatic hydroxyl groups excluding tert-OH is 1. The number of ketones is 1. The van der Waals surface area contributed by atoms with E-state index in [0.717, 1.165) is 0 Å². The van der Waals surface area contributed by atoms with Gasteiger partial charge >= 0.3 is 5.97 Å². The van der Waals surface area contributed by atoms with Gasteiger partial charge in [-0.3, -0.25) is 4.79 Å². The number of aliphatic carboxylic acids is 1. The summed E-state index contributed by atoms with van der Waals surface area (Å²) in [5, 5.41) is 18.3. The lowest BCUT2D eigenvalue weighted by atomic mass is 9.95. The number of aliphatic hydroxyl groups is 1. The van der Waals surface area contributed by atoms with Crippen LogP contribution in [-0.4, -0.2) is 22.0 Å². The monoisotopic (exact) mass is 300 g/mol. The van der Waals surface area contributed by atoms with E-state index in [9.17, 15) is 14.7 Å². The molecule has 0 bridgehead atoms. The van der Waals surface area contributed by atoms with Crippen molar-refractivity contribution in [2.45, 2.75) is 24.8 Å². The molecule has 4 nitrogen and oxygen atoms in total. The Balaban J connectivity index is 3.25. The second kappa shape index (κ2) is 5.42. The van der Waals surface area contributed by atoms with Gasteiger partial charge in [0.1, 0.15) is 5.78 Å². The molecule has 2 N–H and O–H groups in total. The Morgan fingerprint density at radius 3 is 2.29 bits per heavy atom. The van der Waals surface area contributed by atoms with Crippen molar-refractivity contribution in [3.63, 3.8) is 0 Å². The second-order valence-corrected chi connectivity index (χ2v) is 4.69. The Morgan fingerprint density at radius 1 is 1.29 bits per heavy atom. The number of carbonyl (C=O) groups is 2. The molecule has 0 aromatic heterocycles. The molecule has 2 atom stereocenters. The number of hydrogen-bond donors (Lipinski definition) is 2. The van der Waals surface area contributed by atoms with Gasteiger partial charge in [-0.05, 0) is 30.5 Å². The molecule has 0 aliphatic heterocycles. The quantitative estimate of drug-likeness (QED) is 0.836. The van der Waals surface area contributed by atoms with Gasteiger partial charge in [-0.25, -0.2) is 4.79 Å². The molecule has 0 heterocycles. The number of halogens is 1. The van der Waals surface area contributed by atoms with E-state index in [2.05, 4.69) is 15.9 Å². The highest BCUT2D eigenvalue weighted by Gasteiger charge is 2.22. The van der Waals surface area contributed by atoms with Crippen molar-refractivity contribution in [2.75, 3.05) is 0 Å². The van der Waals surface area contributed by atoms with Crippen molar-refractivity contribution in [2.24, 2.45) is 0 Å². The first-order chi connectivity index (χ1) is 7.86. The van der Waals surface area contributed by atoms with Gasteiger partial charge in [-0.1, -0.05) is 34.1 Å². The summed E-state index contributed by atoms with van der Waals surface area (Å²) < 4.78 is 0. The summed E-state index contributed by atoms with van der Waals surface area (Å²) in [5.41, 5.74) is 1.59. The molecular weight excluding hydrogens is 288 g/mol. The van der Waals surface area contributed by atoms with Crippen LogP contribution < -0.4 is 0 Å². The van der Waals surface area contributed by atoms with Crippen molar-refractivity contribution in [1.29, 1.82) is 0 Å². The molecule has 17 heavy (non-hydrogen) atoms. The number of alkyl halides is 1. The number of hydrogen-bond acceptors (Lipinski definition) is 3. The average molecular weight is 301 g/mol. The summed E-state index contributed by atoms with van der Waals surface area (Å²) in [6.07, 6.45) is -1.57. The molecule has 5 heteroatoms. The predicted octanol–water partition coefficient (Wildman–Crippen LogP) is 2.14. The smallest absolute Gasteiger partial charge is 0.337 e. The zero-order valence-electron chi connectivity index (χ0n) is 9.48. The first-order valence-electron chi connectivity index (χ1n) is 5.01. The van der Waals surface area contributed by atoms with Gasteiger partial charge in [0.25, 0.3) is 0 Å². The van der Waals surface area contributed by atoms with Gasteiger partial charge in [0, 0.05) is 0 Å². The minimum atomic E-state index is -1.57. The van der Waals surface area contributed by atoms with Gasteiger partial charge in [0.05, 0.1) is 4.83 Å². The number of rotatable bonds is 4. The van der Waals surface area contributed by atoms with Crippen LogP contribution in [0.5, 0.6) is 0 Å². The fourth-order valence-electron chi connectivity index (χ4n) is 1.59. The molecule has 1 aromatic rings. The van der Waals surface area contributed by atoms with Crippen molar-refractivity contribution in [3.05, 3.63) is 34.9 Å². The van der Waals surface area contributed by atoms with E-state index in [4.69, 9.17) is 5.11 Å². The van der Waals surface area contributed by atoms with Gasteiger partial charge < -0.3 is 10.2 Å². The van der Waals surface area contributed by atoms with Crippen LogP contribution in [0.3, 0.4) is 0 Å². The van der Waals surface area contributed by atoms with Crippen molar-refractivity contribution >= 4 is 27.7 Å². The van der Waals surface area contributed by atoms with E-state index < -0.39 is 16.9 Å². The minimum Gasteiger partial charge on any atom is -0.479 e. The first-order valence-corrected chi connectivity index (χ1v) is 5.92. The lowest BCUT2D eigenvalue weighted by molar-refractivity contribution is -0.147. The van der Waals surface area contributed by atoms with Crippen LogP contribution in [0.1, 0.15) is 34.5 Å². The maximum atomic E-state index is 11.3. The molecule has 0 saturated carbocycles. The standard InChI is InChI=1S/C12H13BrO4/c1-6-8(10(13)7(2)14)4-3-5-9(6)11(15)12(16)17/h3-5,10-11,15H,1-2H3,(H,16,17). The van der Waals surface area contributed by atoms with Crippen molar-refractivity contribution in [1.82, 2.24) is 0 Å². The van der Waals surface area contributed by atoms with Gasteiger partial charge in [-0.2, -0.15) is 0 Å². The molecule has 0 spiro atoms. The van der Waals surface area contributed by atoms with E-state index in [1.165, 1.54) is 13.0 Å². The number of carboxylic acid groups (broad SMARTS) is 1. The highest BCUT2D eigenvalue weighted by Crippen LogP contribution is 2.30. The molecule has 0 saturated heterocycles. The van der Waals surface area contributed by atoms with Crippen LogP contribution in [0.2, 0.25) is 0 Å². The Hall–Kier alpha value is -1.20. The normalized spacial score (nSPS) is 14.1. The van der Waals surface area contributed by atoms with Crippen LogP contribution in [0, 0.1) is 6.92 Å². The molecule has 0 fully saturated rings. The van der Waals surface area contributed by atoms with E-state index >= 15 is 0 Å². The highest BCUT2D eigenvalue weighted by molar-refractivity contribution is 9.09. The summed E-state index contributed by atoms with van der Waals surface area (Å²) in [5.74, 6) is -1.38. The lowest BCUT2D eigenvalue weighted by Gasteiger charge is -2.15. The van der Waals surface area contributed by atoms with Crippen molar-refractivity contribution in [3.8, 4) is 0 Å². The van der Waals surface area contributed by atoms with Crippen molar-refractivity contribution < 1.29 is 19.8 Å². The largest absolute Gasteiger partial charge is 0.479 e. The molecule has 1 rings (SSSR count). The fraction of sp³-hybridized carbons (Fsp3) is 0.333. The van der Waals surface area contributed by atoms with Gasteiger partial charge in [0.15, 0.2) is 6.10 Å². The van der Waals surface area contributed by atoms with E-state index in [-0.39, 0.29) is 5.78 Å². The summed E-state index contributed by atoms with van der Waals surface area (Å²) in [6.45, 7) is 3.13. The molecule has 0 aliphatic rings. The van der Waals surface area contributed by atoms with Gasteiger partial charge in [0.2, 0.25) is 0 Å². The molecule has 0 aliphatic carbocycles. The number of carbonyl (C=O) groups excluding carboxylic acids is 1. The molecule has 2 unspecified atom stereocenters. The fourth-order valence-corrected chi connectivity index (χ4v) is 2.09. The maximum absolute atomic E-state index is 11.3. The first kappa shape index (κ1) is 13.9. The Kier molecular flexibility index (Phi) is 4.42. The summed E-state index contributed by atoms with van der Waals surface area (Å²) >= 11 is 3.24. The van der Waals surface area contributed by atoms with E-state index in [0.29, 0.717) is 16.7 Å². The predicted molar refractivity (Wildman–Crippen MR) is 66.1 cm³/mol. The average Bonchev–Trinajstić information content (AvgIpc) is 2.27. The Morgan fingerprint density at radius 2 is 1.82 bits per heavy atom. The van der Waals surface area contributed by atoms with E-state index in [1.54, 1.807) is 19.1 Å². The molecule has 92 valence electrons. The van der Waals surface area contributed by atoms with Crippen LogP contribution in [0.25, 0.3) is 0 Å². The summed E-state index contributed by atoms with van der Waals surface area (Å²) in [7, 11) is 0. The minimum absolute atomic E-state index is 0.0740. The van der Waals surface area contributed by atoms with E-state index in [1.807, 2.05) is 0 Å².